The molecule has 2 aromatic carbocycles. The highest BCUT2D eigenvalue weighted by Gasteiger charge is 2.37. The average molecular weight is 402 g/mol. The largest absolute Gasteiger partial charge is 0.322 e. The van der Waals surface area contributed by atoms with Gasteiger partial charge in [0.05, 0.1) is 16.8 Å². The fourth-order valence-corrected chi connectivity index (χ4v) is 3.33. The van der Waals surface area contributed by atoms with Gasteiger partial charge < -0.3 is 5.32 Å². The topological polar surface area (TPSA) is 112 Å². The molecule has 1 aromatic heterocycles. The molecular formula is C22H18N4O4. The second kappa shape index (κ2) is 7.40. The van der Waals surface area contributed by atoms with E-state index in [-0.39, 0.29) is 28.6 Å². The van der Waals surface area contributed by atoms with Crippen molar-refractivity contribution >= 4 is 23.4 Å². The van der Waals surface area contributed by atoms with E-state index in [1.165, 1.54) is 29.2 Å². The third-order valence-electron chi connectivity index (χ3n) is 4.79. The number of carbonyl (C=O) groups excluding carboxylic acids is 3. The van der Waals surface area contributed by atoms with Crippen molar-refractivity contribution in [1.29, 1.82) is 0 Å². The minimum absolute atomic E-state index is 0.229. The maximum atomic E-state index is 12.7. The molecule has 1 aliphatic rings. The molecule has 0 unspecified atom stereocenters. The van der Waals surface area contributed by atoms with Crippen LogP contribution < -0.4 is 10.9 Å². The highest BCUT2D eigenvalue weighted by molar-refractivity contribution is 6.22. The summed E-state index contributed by atoms with van der Waals surface area (Å²) in [4.78, 5) is 50.0. The number of nitrogens with one attached hydrogen (secondary N) is 2. The molecule has 30 heavy (non-hydrogen) atoms. The number of anilines is 1. The Hall–Kier alpha value is -4.07. The number of hydrogen-bond donors (Lipinski definition) is 2. The Bertz CT molecular complexity index is 1230. The molecule has 1 aliphatic heterocycles. The van der Waals surface area contributed by atoms with E-state index in [9.17, 15) is 19.2 Å². The number of benzene rings is 2. The Morgan fingerprint density at radius 1 is 0.967 bits per heavy atom. The van der Waals surface area contributed by atoms with Crippen LogP contribution in [0.5, 0.6) is 0 Å². The second-order valence-electron chi connectivity index (χ2n) is 7.18. The summed E-state index contributed by atoms with van der Waals surface area (Å²) in [5.41, 5.74) is 2.30. The number of carbonyl (C=O) groups is 3. The van der Waals surface area contributed by atoms with Crippen LogP contribution in [-0.2, 0) is 0 Å². The third kappa shape index (κ3) is 3.39. The zero-order valence-electron chi connectivity index (χ0n) is 16.3. The number of imide groups is 1. The molecule has 0 saturated heterocycles. The summed E-state index contributed by atoms with van der Waals surface area (Å²) >= 11 is 0. The van der Waals surface area contributed by atoms with Crippen LogP contribution >= 0.6 is 0 Å². The van der Waals surface area contributed by atoms with Crippen LogP contribution in [0.2, 0.25) is 0 Å². The van der Waals surface area contributed by atoms with Crippen molar-refractivity contribution in [3.05, 3.63) is 81.6 Å². The normalized spacial score (nSPS) is 13.0. The zero-order chi connectivity index (χ0) is 21.4. The first-order valence-corrected chi connectivity index (χ1v) is 9.34. The van der Waals surface area contributed by atoms with E-state index in [2.05, 4.69) is 15.5 Å². The van der Waals surface area contributed by atoms with Gasteiger partial charge in [0.2, 0.25) is 0 Å². The molecule has 150 valence electrons. The Balaban J connectivity index is 1.58. The lowest BCUT2D eigenvalue weighted by atomic mass is 10.0. The fourth-order valence-electron chi connectivity index (χ4n) is 3.33. The fraction of sp³-hybridized carbons (Fsp3) is 0.136. The van der Waals surface area contributed by atoms with E-state index in [0.717, 1.165) is 0 Å². The zero-order valence-corrected chi connectivity index (χ0v) is 16.3. The number of fused-ring (bicyclic) bond motifs is 1. The van der Waals surface area contributed by atoms with Gasteiger partial charge in [-0.05, 0) is 50.2 Å². The van der Waals surface area contributed by atoms with Gasteiger partial charge in [-0.1, -0.05) is 12.1 Å². The van der Waals surface area contributed by atoms with Crippen molar-refractivity contribution < 1.29 is 14.4 Å². The number of aromatic amines is 1. The number of hydrogen-bond acceptors (Lipinski definition) is 5. The average Bonchev–Trinajstić information content (AvgIpc) is 2.98. The minimum Gasteiger partial charge on any atom is -0.322 e. The first kappa shape index (κ1) is 19.3. The molecule has 4 rings (SSSR count). The van der Waals surface area contributed by atoms with Crippen molar-refractivity contribution in [2.75, 3.05) is 5.32 Å². The maximum Gasteiger partial charge on any atom is 0.264 e. The lowest BCUT2D eigenvalue weighted by Crippen LogP contribution is -2.35. The Morgan fingerprint density at radius 3 is 2.43 bits per heavy atom. The predicted molar refractivity (Wildman–Crippen MR) is 110 cm³/mol. The van der Waals surface area contributed by atoms with E-state index < -0.39 is 11.8 Å². The summed E-state index contributed by atoms with van der Waals surface area (Å²) in [6.07, 6.45) is 0. The Kier molecular flexibility index (Phi) is 4.75. The minimum atomic E-state index is -0.410. The van der Waals surface area contributed by atoms with Gasteiger partial charge in [0.25, 0.3) is 23.3 Å². The maximum absolute atomic E-state index is 12.7. The van der Waals surface area contributed by atoms with Crippen LogP contribution in [0.1, 0.15) is 44.9 Å². The van der Waals surface area contributed by atoms with Crippen molar-refractivity contribution in [2.24, 2.45) is 0 Å². The van der Waals surface area contributed by atoms with Gasteiger partial charge >= 0.3 is 0 Å². The van der Waals surface area contributed by atoms with E-state index >= 15 is 0 Å². The van der Waals surface area contributed by atoms with E-state index in [1.807, 2.05) is 0 Å². The van der Waals surface area contributed by atoms with E-state index in [0.29, 0.717) is 22.5 Å². The first-order valence-electron chi connectivity index (χ1n) is 9.34. The molecular weight excluding hydrogens is 384 g/mol. The highest BCUT2D eigenvalue weighted by Crippen LogP contribution is 2.26. The number of rotatable bonds is 4. The van der Waals surface area contributed by atoms with Gasteiger partial charge in [0.1, 0.15) is 0 Å². The monoisotopic (exact) mass is 402 g/mol. The number of nitrogens with zero attached hydrogens (tertiary/aromatic N) is 2. The van der Waals surface area contributed by atoms with Crippen LogP contribution in [0.4, 0.5) is 5.69 Å². The number of H-pyrrole nitrogens is 1. The lowest BCUT2D eigenvalue weighted by molar-refractivity contribution is 0.0609. The summed E-state index contributed by atoms with van der Waals surface area (Å²) < 4.78 is 0. The van der Waals surface area contributed by atoms with Gasteiger partial charge in [0.15, 0.2) is 0 Å². The Morgan fingerprint density at radius 2 is 1.73 bits per heavy atom. The van der Waals surface area contributed by atoms with Crippen molar-refractivity contribution in [3.8, 4) is 11.3 Å². The molecule has 2 heterocycles. The lowest BCUT2D eigenvalue weighted by Gasteiger charge is -2.17. The van der Waals surface area contributed by atoms with Gasteiger partial charge in [-0.25, -0.2) is 5.10 Å². The molecule has 0 radical (unpaired) electrons. The standard InChI is InChI=1S/C22H18N4O4/c1-12(2)26-21(29)16-7-6-14(11-17(16)22(26)30)20(28)23-15-5-3-4-13(10-15)18-8-9-19(27)25-24-18/h3-12H,1-2H3,(H,23,28)(H,25,27). The second-order valence-corrected chi connectivity index (χ2v) is 7.18. The van der Waals surface area contributed by atoms with Crippen molar-refractivity contribution in [2.45, 2.75) is 19.9 Å². The quantitative estimate of drug-likeness (QED) is 0.652. The van der Waals surface area contributed by atoms with Crippen LogP contribution in [0.15, 0.2) is 59.4 Å². The van der Waals surface area contributed by atoms with Gasteiger partial charge in [0, 0.05) is 28.9 Å². The SMILES string of the molecule is CC(C)N1C(=O)c2ccc(C(=O)Nc3cccc(-c4ccc(=O)[nH]n4)c3)cc2C1=O. The van der Waals surface area contributed by atoms with Gasteiger partial charge in [-0.15, -0.1) is 0 Å². The number of aromatic nitrogens is 2. The van der Waals surface area contributed by atoms with Gasteiger partial charge in [-0.3, -0.25) is 24.1 Å². The van der Waals surface area contributed by atoms with Crippen molar-refractivity contribution in [3.63, 3.8) is 0 Å². The molecule has 3 amide bonds. The molecule has 0 spiro atoms. The molecule has 8 heteroatoms. The molecule has 0 fully saturated rings. The molecule has 0 aliphatic carbocycles. The van der Waals surface area contributed by atoms with Gasteiger partial charge in [-0.2, -0.15) is 5.10 Å². The van der Waals surface area contributed by atoms with Crippen LogP contribution in [0.25, 0.3) is 11.3 Å². The smallest absolute Gasteiger partial charge is 0.264 e. The molecule has 0 bridgehead atoms. The summed E-state index contributed by atoms with van der Waals surface area (Å²) in [5, 5.41) is 9.13. The van der Waals surface area contributed by atoms with Crippen LogP contribution in [-0.4, -0.2) is 38.9 Å². The summed E-state index contributed by atoms with van der Waals surface area (Å²) in [6, 6.07) is 14.2. The molecule has 3 aromatic rings. The van der Waals surface area contributed by atoms with Crippen LogP contribution in [0, 0.1) is 0 Å². The van der Waals surface area contributed by atoms with E-state index in [1.54, 1.807) is 44.2 Å². The summed E-state index contributed by atoms with van der Waals surface area (Å²) in [5.74, 6) is -1.16. The molecule has 8 nitrogen and oxygen atoms in total. The first-order chi connectivity index (χ1) is 14.3. The summed E-state index contributed by atoms with van der Waals surface area (Å²) in [7, 11) is 0. The molecule has 2 N–H and O–H groups in total. The third-order valence-corrected chi connectivity index (χ3v) is 4.79. The predicted octanol–water partition coefficient (Wildman–Crippen LogP) is 2.69. The number of amides is 3. The van der Waals surface area contributed by atoms with Crippen LogP contribution in [0.3, 0.4) is 0 Å². The molecule has 0 atom stereocenters. The Labute approximate surface area is 171 Å². The van der Waals surface area contributed by atoms with E-state index in [4.69, 9.17) is 0 Å². The highest BCUT2D eigenvalue weighted by atomic mass is 16.2. The molecule has 0 saturated carbocycles. The van der Waals surface area contributed by atoms with Crippen molar-refractivity contribution in [1.82, 2.24) is 15.1 Å². The summed E-state index contributed by atoms with van der Waals surface area (Å²) in [6.45, 7) is 3.53.